The summed E-state index contributed by atoms with van der Waals surface area (Å²) in [4.78, 5) is 11.8. The number of ether oxygens (including phenoxy) is 1. The molecule has 0 aliphatic carbocycles. The number of hydrazine groups is 1. The summed E-state index contributed by atoms with van der Waals surface area (Å²) in [6.07, 6.45) is 0. The molecule has 0 bridgehead atoms. The van der Waals surface area contributed by atoms with E-state index in [0.29, 0.717) is 23.6 Å². The number of halogens is 1. The smallest absolute Gasteiger partial charge is 0.284 e. The molecule has 2 rings (SSSR count). The monoisotopic (exact) mass is 363 g/mol. The van der Waals surface area contributed by atoms with Crippen LogP contribution in [0.3, 0.4) is 0 Å². The van der Waals surface area contributed by atoms with Gasteiger partial charge in [0.1, 0.15) is 5.82 Å². The van der Waals surface area contributed by atoms with Crippen LogP contribution in [0.2, 0.25) is 0 Å². The molecule has 132 valence electrons. The average molecular weight is 363 g/mol. The van der Waals surface area contributed by atoms with Crippen LogP contribution in [0.4, 0.5) is 10.1 Å². The van der Waals surface area contributed by atoms with Crippen molar-refractivity contribution >= 4 is 28.8 Å². The molecule has 0 aliphatic rings. The third kappa shape index (κ3) is 5.40. The first kappa shape index (κ1) is 18.6. The lowest BCUT2D eigenvalue weighted by atomic mass is 10.2. The van der Waals surface area contributed by atoms with Crippen LogP contribution < -0.4 is 20.9 Å². The van der Waals surface area contributed by atoms with Crippen molar-refractivity contribution in [2.24, 2.45) is 0 Å². The molecule has 2 aromatic rings. The van der Waals surface area contributed by atoms with Gasteiger partial charge in [-0.2, -0.15) is 0 Å². The Morgan fingerprint density at radius 3 is 2.64 bits per heavy atom. The largest absolute Gasteiger partial charge is 0.504 e. The zero-order valence-electron chi connectivity index (χ0n) is 13.5. The maximum atomic E-state index is 12.8. The van der Waals surface area contributed by atoms with Crippen molar-refractivity contribution in [1.82, 2.24) is 10.9 Å². The van der Waals surface area contributed by atoms with Crippen LogP contribution in [0.25, 0.3) is 0 Å². The first-order valence-corrected chi connectivity index (χ1v) is 7.95. The SMILES string of the molecule is CCOc1cccc(CNNC(=S)C(=O)Nc2ccc(F)cc2)c1O. The summed E-state index contributed by atoms with van der Waals surface area (Å²) in [5.74, 6) is -0.519. The Bertz CT molecular complexity index is 753. The highest BCUT2D eigenvalue weighted by molar-refractivity contribution is 7.82. The Morgan fingerprint density at radius 2 is 1.96 bits per heavy atom. The number of hydrogen-bond acceptors (Lipinski definition) is 5. The number of nitrogens with one attached hydrogen (secondary N) is 3. The van der Waals surface area contributed by atoms with Gasteiger partial charge in [0, 0.05) is 17.8 Å². The molecule has 0 fully saturated rings. The summed E-state index contributed by atoms with van der Waals surface area (Å²) in [6.45, 7) is 2.48. The van der Waals surface area contributed by atoms with Crippen LogP contribution in [-0.2, 0) is 11.3 Å². The van der Waals surface area contributed by atoms with E-state index in [1.165, 1.54) is 24.3 Å². The van der Waals surface area contributed by atoms with E-state index < -0.39 is 11.7 Å². The molecule has 0 saturated carbocycles. The standard InChI is InChI=1S/C17H18FN3O3S/c1-2-24-14-5-3-4-11(15(14)22)10-19-21-17(25)16(23)20-13-8-6-12(18)7-9-13/h3-9,19,22H,2,10H2,1H3,(H,20,23)(H,21,25). The van der Waals surface area contributed by atoms with Crippen molar-refractivity contribution in [1.29, 1.82) is 0 Å². The van der Waals surface area contributed by atoms with E-state index in [2.05, 4.69) is 16.2 Å². The van der Waals surface area contributed by atoms with E-state index in [4.69, 9.17) is 17.0 Å². The number of carbonyl (C=O) groups excluding carboxylic acids is 1. The lowest BCUT2D eigenvalue weighted by Gasteiger charge is -2.12. The predicted octanol–water partition coefficient (Wildman–Crippen LogP) is 2.49. The Labute approximate surface area is 150 Å². The van der Waals surface area contributed by atoms with Gasteiger partial charge in [-0.25, -0.2) is 9.82 Å². The Balaban J connectivity index is 1.85. The first-order chi connectivity index (χ1) is 12.0. The number of hydrogen-bond donors (Lipinski definition) is 4. The quantitative estimate of drug-likeness (QED) is 0.466. The molecule has 0 aliphatic heterocycles. The van der Waals surface area contributed by atoms with Crippen LogP contribution in [0, 0.1) is 5.82 Å². The number of para-hydroxylation sites is 1. The van der Waals surface area contributed by atoms with Crippen molar-refractivity contribution in [3.8, 4) is 11.5 Å². The van der Waals surface area contributed by atoms with Crippen LogP contribution in [0.15, 0.2) is 42.5 Å². The third-order valence-corrected chi connectivity index (χ3v) is 3.46. The number of phenolic OH excluding ortho intramolecular Hbond substituents is 1. The third-order valence-electron chi connectivity index (χ3n) is 3.17. The van der Waals surface area contributed by atoms with Gasteiger partial charge in [-0.3, -0.25) is 4.79 Å². The van der Waals surface area contributed by atoms with Crippen molar-refractivity contribution in [2.45, 2.75) is 13.5 Å². The Hall–Kier alpha value is -2.71. The predicted molar refractivity (Wildman–Crippen MR) is 96.9 cm³/mol. The number of aromatic hydroxyl groups is 1. The van der Waals surface area contributed by atoms with E-state index >= 15 is 0 Å². The van der Waals surface area contributed by atoms with Gasteiger partial charge in [-0.1, -0.05) is 24.4 Å². The number of amides is 1. The Morgan fingerprint density at radius 1 is 1.24 bits per heavy atom. The highest BCUT2D eigenvalue weighted by Crippen LogP contribution is 2.29. The van der Waals surface area contributed by atoms with Crippen molar-refractivity contribution < 1.29 is 19.0 Å². The van der Waals surface area contributed by atoms with Crippen molar-refractivity contribution in [3.63, 3.8) is 0 Å². The van der Waals surface area contributed by atoms with Gasteiger partial charge in [0.15, 0.2) is 16.5 Å². The van der Waals surface area contributed by atoms with Crippen LogP contribution in [0.1, 0.15) is 12.5 Å². The minimum absolute atomic E-state index is 0.0281. The van der Waals surface area contributed by atoms with Gasteiger partial charge in [0.25, 0.3) is 5.91 Å². The van der Waals surface area contributed by atoms with E-state index in [9.17, 15) is 14.3 Å². The Kier molecular flexibility index (Phi) is 6.67. The molecule has 2 aromatic carbocycles. The normalized spacial score (nSPS) is 10.2. The van der Waals surface area contributed by atoms with E-state index in [1.807, 2.05) is 6.92 Å². The molecule has 0 saturated heterocycles. The molecule has 25 heavy (non-hydrogen) atoms. The molecular weight excluding hydrogens is 345 g/mol. The van der Waals surface area contributed by atoms with Crippen LogP contribution >= 0.6 is 12.2 Å². The number of thiocarbonyl (C=S) groups is 1. The molecule has 1 amide bonds. The molecule has 8 heteroatoms. The van der Waals surface area contributed by atoms with Gasteiger partial charge in [-0.05, 0) is 37.3 Å². The average Bonchev–Trinajstić information content (AvgIpc) is 2.60. The van der Waals surface area contributed by atoms with Crippen molar-refractivity contribution in [3.05, 3.63) is 53.8 Å². The van der Waals surface area contributed by atoms with E-state index in [1.54, 1.807) is 18.2 Å². The maximum absolute atomic E-state index is 12.8. The van der Waals surface area contributed by atoms with Gasteiger partial charge >= 0.3 is 0 Å². The molecule has 4 N–H and O–H groups in total. The molecule has 0 radical (unpaired) electrons. The zero-order chi connectivity index (χ0) is 18.2. The molecule has 0 atom stereocenters. The fraction of sp³-hybridized carbons (Fsp3) is 0.176. The fourth-order valence-corrected chi connectivity index (χ4v) is 2.10. The summed E-state index contributed by atoms with van der Waals surface area (Å²) >= 11 is 4.97. The number of carbonyl (C=O) groups is 1. The molecule has 0 aromatic heterocycles. The van der Waals surface area contributed by atoms with Gasteiger partial charge < -0.3 is 20.6 Å². The molecule has 0 spiro atoms. The van der Waals surface area contributed by atoms with E-state index in [-0.39, 0.29) is 17.3 Å². The summed E-state index contributed by atoms with van der Waals surface area (Å²) < 4.78 is 18.1. The first-order valence-electron chi connectivity index (χ1n) is 7.54. The minimum Gasteiger partial charge on any atom is -0.504 e. The highest BCUT2D eigenvalue weighted by atomic mass is 32.1. The second-order valence-corrected chi connectivity index (χ2v) is 5.37. The molecule has 0 heterocycles. The topological polar surface area (TPSA) is 82.6 Å². The minimum atomic E-state index is -0.540. The number of benzene rings is 2. The lowest BCUT2D eigenvalue weighted by molar-refractivity contribution is -0.110. The summed E-state index contributed by atoms with van der Waals surface area (Å²) in [5.41, 5.74) is 6.36. The number of rotatable bonds is 6. The maximum Gasteiger partial charge on any atom is 0.284 e. The lowest BCUT2D eigenvalue weighted by Crippen LogP contribution is -2.42. The second kappa shape index (κ2) is 8.95. The zero-order valence-corrected chi connectivity index (χ0v) is 14.3. The number of phenols is 1. The van der Waals surface area contributed by atoms with Gasteiger partial charge in [-0.15, -0.1) is 0 Å². The van der Waals surface area contributed by atoms with Crippen LogP contribution in [-0.4, -0.2) is 22.6 Å². The van der Waals surface area contributed by atoms with Crippen molar-refractivity contribution in [2.75, 3.05) is 11.9 Å². The molecular formula is C17H18FN3O3S. The second-order valence-electron chi connectivity index (χ2n) is 4.97. The molecule has 0 unspecified atom stereocenters. The highest BCUT2D eigenvalue weighted by Gasteiger charge is 2.11. The summed E-state index contributed by atoms with van der Waals surface area (Å²) in [7, 11) is 0. The number of anilines is 1. The van der Waals surface area contributed by atoms with Crippen LogP contribution in [0.5, 0.6) is 11.5 Å². The van der Waals surface area contributed by atoms with Gasteiger partial charge in [0.05, 0.1) is 6.61 Å². The van der Waals surface area contributed by atoms with Gasteiger partial charge in [0.2, 0.25) is 0 Å². The summed E-state index contributed by atoms with van der Waals surface area (Å²) in [6, 6.07) is 10.5. The molecule has 6 nitrogen and oxygen atoms in total. The van der Waals surface area contributed by atoms with E-state index in [0.717, 1.165) is 0 Å². The summed E-state index contributed by atoms with van der Waals surface area (Å²) in [5, 5.41) is 12.6. The fourth-order valence-electron chi connectivity index (χ4n) is 1.98.